The average Bonchev–Trinajstić information content (AvgIpc) is 3.52. The summed E-state index contributed by atoms with van der Waals surface area (Å²) in [7, 11) is 0. The van der Waals surface area contributed by atoms with Crippen LogP contribution in [0.4, 0.5) is 5.69 Å². The Labute approximate surface area is 238 Å². The van der Waals surface area contributed by atoms with Crippen molar-refractivity contribution in [3.63, 3.8) is 0 Å². The number of unbranched alkanes of at least 4 members (excludes halogenated alkanes) is 1. The molecule has 4 rings (SSSR count). The summed E-state index contributed by atoms with van der Waals surface area (Å²) in [6, 6.07) is 8.13. The molecule has 3 unspecified atom stereocenters. The highest BCUT2D eigenvalue weighted by atomic mass is 79.9. The Bertz CT molecular complexity index is 1070. The van der Waals surface area contributed by atoms with Gasteiger partial charge in [-0.15, -0.1) is 24.9 Å². The third-order valence-corrected chi connectivity index (χ3v) is 11.3. The van der Waals surface area contributed by atoms with E-state index in [1.54, 1.807) is 45.5 Å². The predicted octanol–water partition coefficient (Wildman–Crippen LogP) is 3.87. The molecule has 3 heterocycles. The van der Waals surface area contributed by atoms with Crippen molar-refractivity contribution in [2.24, 2.45) is 11.8 Å². The smallest absolute Gasteiger partial charge is 0.247 e. The zero-order chi connectivity index (χ0) is 27.6. The van der Waals surface area contributed by atoms with Gasteiger partial charge in [0.15, 0.2) is 0 Å². The maximum atomic E-state index is 14.3. The molecule has 3 aliphatic rings. The van der Waals surface area contributed by atoms with Gasteiger partial charge in [-0.2, -0.15) is 0 Å². The summed E-state index contributed by atoms with van der Waals surface area (Å²) in [6.45, 7) is 12.6. The lowest BCUT2D eigenvalue weighted by molar-refractivity contribution is -0.145. The van der Waals surface area contributed by atoms with Crippen molar-refractivity contribution < 1.29 is 19.5 Å². The summed E-state index contributed by atoms with van der Waals surface area (Å²) in [6.07, 6.45) is 5.79. The quantitative estimate of drug-likeness (QED) is 0.290. The number of carbonyl (C=O) groups excluding carboxylic acids is 3. The Morgan fingerprint density at radius 1 is 1.24 bits per heavy atom. The van der Waals surface area contributed by atoms with Crippen LogP contribution in [0.25, 0.3) is 0 Å². The van der Waals surface area contributed by atoms with Gasteiger partial charge in [-0.1, -0.05) is 59.6 Å². The molecule has 1 spiro atoms. The summed E-state index contributed by atoms with van der Waals surface area (Å²) >= 11 is 5.45. The van der Waals surface area contributed by atoms with Crippen LogP contribution in [-0.4, -0.2) is 85.8 Å². The molecule has 38 heavy (non-hydrogen) atoms. The van der Waals surface area contributed by atoms with Crippen LogP contribution in [0.1, 0.15) is 33.1 Å². The van der Waals surface area contributed by atoms with Gasteiger partial charge in [0.05, 0.1) is 29.2 Å². The third-order valence-electron chi connectivity index (χ3n) is 8.07. The van der Waals surface area contributed by atoms with Crippen molar-refractivity contribution in [3.05, 3.63) is 55.6 Å². The van der Waals surface area contributed by atoms with Crippen LogP contribution in [-0.2, 0) is 14.4 Å². The maximum Gasteiger partial charge on any atom is 0.247 e. The highest BCUT2D eigenvalue weighted by Gasteiger charge is 2.76. The minimum Gasteiger partial charge on any atom is -0.394 e. The number of likely N-dealkylation sites (tertiary alicyclic amines) is 1. The number of rotatable bonds is 12. The van der Waals surface area contributed by atoms with Crippen molar-refractivity contribution >= 4 is 51.1 Å². The SMILES string of the molecule is C=CCN(CCCC)C(=O)C1N([C@H](C)CO)C(=O)[C@@H]2[C@@H](C(=O)N(CC=C)c3ccccc3)[C@@H]3SC12CC3Br. The number of amides is 3. The molecule has 0 radical (unpaired) electrons. The van der Waals surface area contributed by atoms with E-state index in [9.17, 15) is 19.5 Å². The van der Waals surface area contributed by atoms with Crippen molar-refractivity contribution in [2.45, 2.75) is 60.0 Å². The van der Waals surface area contributed by atoms with Crippen LogP contribution in [0.15, 0.2) is 55.6 Å². The number of carbonyl (C=O) groups is 3. The van der Waals surface area contributed by atoms with E-state index < -0.39 is 28.7 Å². The van der Waals surface area contributed by atoms with Gasteiger partial charge < -0.3 is 19.8 Å². The van der Waals surface area contributed by atoms with E-state index in [-0.39, 0.29) is 34.4 Å². The number of para-hydroxylation sites is 1. The summed E-state index contributed by atoms with van der Waals surface area (Å²) in [5, 5.41) is 9.98. The standard InChI is InChI=1S/C29H38BrN3O4S/c1-5-8-16-31(14-6-2)28(37)25-29-17-21(30)24(38-29)22(23(29)27(36)33(25)19(4)18-34)26(35)32(15-7-3)20-12-10-9-11-13-20/h6-7,9-13,19,21-25,34H,2-3,5,8,14-18H2,1,4H3/t19-,21?,22-,23+,24-,25?,29?/m1/s1. The van der Waals surface area contributed by atoms with Crippen LogP contribution < -0.4 is 4.90 Å². The first-order valence-corrected chi connectivity index (χ1v) is 15.2. The van der Waals surface area contributed by atoms with Crippen LogP contribution in [0.5, 0.6) is 0 Å². The van der Waals surface area contributed by atoms with E-state index in [4.69, 9.17) is 0 Å². The van der Waals surface area contributed by atoms with E-state index in [0.29, 0.717) is 26.1 Å². The zero-order valence-electron chi connectivity index (χ0n) is 22.2. The molecule has 7 nitrogen and oxygen atoms in total. The van der Waals surface area contributed by atoms with Gasteiger partial charge in [0.25, 0.3) is 0 Å². The van der Waals surface area contributed by atoms with Crippen molar-refractivity contribution in [2.75, 3.05) is 31.1 Å². The molecule has 7 atom stereocenters. The van der Waals surface area contributed by atoms with Gasteiger partial charge >= 0.3 is 0 Å². The number of hydrogen-bond donors (Lipinski definition) is 1. The lowest BCUT2D eigenvalue weighted by atomic mass is 9.70. The van der Waals surface area contributed by atoms with Gasteiger partial charge in [0.1, 0.15) is 6.04 Å². The molecule has 9 heteroatoms. The van der Waals surface area contributed by atoms with Crippen molar-refractivity contribution in [3.8, 4) is 0 Å². The number of aliphatic hydroxyl groups excluding tert-OH is 1. The van der Waals surface area contributed by atoms with Gasteiger partial charge in [-0.3, -0.25) is 14.4 Å². The van der Waals surface area contributed by atoms with E-state index in [1.165, 1.54) is 0 Å². The summed E-state index contributed by atoms with van der Waals surface area (Å²) in [5.74, 6) is -1.70. The second-order valence-electron chi connectivity index (χ2n) is 10.4. The third kappa shape index (κ3) is 4.75. The van der Waals surface area contributed by atoms with Gasteiger partial charge in [-0.25, -0.2) is 0 Å². The summed E-state index contributed by atoms with van der Waals surface area (Å²) < 4.78 is -0.751. The first kappa shape index (κ1) is 28.9. The highest BCUT2D eigenvalue weighted by Crippen LogP contribution is 2.68. The Balaban J connectivity index is 1.78. The Morgan fingerprint density at radius 3 is 2.53 bits per heavy atom. The van der Waals surface area contributed by atoms with Crippen molar-refractivity contribution in [1.29, 1.82) is 0 Å². The first-order valence-electron chi connectivity index (χ1n) is 13.4. The van der Waals surface area contributed by atoms with Crippen LogP contribution in [0.2, 0.25) is 0 Å². The van der Waals surface area contributed by atoms with Gasteiger partial charge in [0, 0.05) is 35.4 Å². The molecule has 0 aromatic heterocycles. The molecule has 0 aliphatic carbocycles. The number of benzene rings is 1. The molecule has 3 saturated heterocycles. The largest absolute Gasteiger partial charge is 0.394 e. The first-order chi connectivity index (χ1) is 18.3. The Hall–Kier alpha value is -2.10. The Kier molecular flexibility index (Phi) is 9.10. The fraction of sp³-hybridized carbons (Fsp3) is 0.552. The fourth-order valence-corrected chi connectivity index (χ4v) is 9.99. The molecular weight excluding hydrogens is 566 g/mol. The van der Waals surface area contributed by atoms with Crippen LogP contribution in [0, 0.1) is 11.8 Å². The van der Waals surface area contributed by atoms with E-state index in [0.717, 1.165) is 18.5 Å². The molecule has 1 N–H and O–H groups in total. The number of halogens is 1. The molecule has 1 aromatic carbocycles. The number of alkyl halides is 1. The lowest BCUT2D eigenvalue weighted by Gasteiger charge is -2.39. The molecule has 3 fully saturated rings. The lowest BCUT2D eigenvalue weighted by Crippen LogP contribution is -2.57. The number of fused-ring (bicyclic) bond motifs is 1. The van der Waals surface area contributed by atoms with E-state index >= 15 is 0 Å². The average molecular weight is 605 g/mol. The molecule has 3 amide bonds. The topological polar surface area (TPSA) is 81.2 Å². The van der Waals surface area contributed by atoms with E-state index in [2.05, 4.69) is 36.0 Å². The molecule has 1 aromatic rings. The second-order valence-corrected chi connectivity index (χ2v) is 13.2. The number of anilines is 1. The van der Waals surface area contributed by atoms with Crippen LogP contribution >= 0.6 is 27.7 Å². The number of nitrogens with zero attached hydrogens (tertiary/aromatic N) is 3. The maximum absolute atomic E-state index is 14.3. The summed E-state index contributed by atoms with van der Waals surface area (Å²) in [5.41, 5.74) is 0.751. The highest BCUT2D eigenvalue weighted by molar-refractivity contribution is 9.09. The molecular formula is C29H38BrN3O4S. The van der Waals surface area contributed by atoms with Gasteiger partial charge in [0.2, 0.25) is 17.7 Å². The normalized spacial score (nSPS) is 30.2. The molecule has 206 valence electrons. The zero-order valence-corrected chi connectivity index (χ0v) is 24.6. The molecule has 0 saturated carbocycles. The monoisotopic (exact) mass is 603 g/mol. The predicted molar refractivity (Wildman–Crippen MR) is 156 cm³/mol. The van der Waals surface area contributed by atoms with Crippen LogP contribution in [0.3, 0.4) is 0 Å². The minimum absolute atomic E-state index is 0.0185. The van der Waals surface area contributed by atoms with Crippen molar-refractivity contribution in [1.82, 2.24) is 9.80 Å². The fourth-order valence-electron chi connectivity index (χ4n) is 6.40. The molecule has 3 aliphatic heterocycles. The minimum atomic E-state index is -0.753. The second kappa shape index (κ2) is 12.0. The Morgan fingerprint density at radius 2 is 1.92 bits per heavy atom. The number of hydrogen-bond acceptors (Lipinski definition) is 5. The van der Waals surface area contributed by atoms with E-state index in [1.807, 2.05) is 30.3 Å². The molecule has 2 bridgehead atoms. The van der Waals surface area contributed by atoms with Gasteiger partial charge in [-0.05, 0) is 31.9 Å². The summed E-state index contributed by atoms with van der Waals surface area (Å²) in [4.78, 5) is 47.8. The number of thioether (sulfide) groups is 1. The number of aliphatic hydroxyl groups is 1.